The van der Waals surface area contributed by atoms with Crippen LogP contribution in [0.1, 0.15) is 25.6 Å². The zero-order valence-electron chi connectivity index (χ0n) is 8.73. The smallest absolute Gasteiger partial charge is 0.207 e. The molecule has 0 aromatic carbocycles. The van der Waals surface area contributed by atoms with Gasteiger partial charge in [-0.2, -0.15) is 0 Å². The van der Waals surface area contributed by atoms with Gasteiger partial charge in [0, 0.05) is 5.92 Å². The van der Waals surface area contributed by atoms with Crippen LogP contribution in [0.3, 0.4) is 0 Å². The van der Waals surface area contributed by atoms with E-state index in [1.165, 1.54) is 11.8 Å². The third-order valence-corrected chi connectivity index (χ3v) is 2.88. The van der Waals surface area contributed by atoms with Crippen LogP contribution < -0.4 is 0 Å². The third kappa shape index (κ3) is 1.81. The number of fused-ring (bicyclic) bond motifs is 1. The quantitative estimate of drug-likeness (QED) is 0.760. The maximum absolute atomic E-state index is 6.00. The summed E-state index contributed by atoms with van der Waals surface area (Å²) in [7, 11) is 0. The summed E-state index contributed by atoms with van der Waals surface area (Å²) in [6.45, 7) is 4.12. The highest BCUT2D eigenvalue weighted by molar-refractivity contribution is 7.98. The largest absolute Gasteiger partial charge is 0.227 e. The van der Waals surface area contributed by atoms with Crippen LogP contribution in [-0.2, 0) is 0 Å². The third-order valence-electron chi connectivity index (χ3n) is 2.05. The molecule has 0 saturated heterocycles. The average Bonchev–Trinajstić information content (AvgIpc) is 2.56. The Labute approximate surface area is 97.1 Å². The van der Waals surface area contributed by atoms with Gasteiger partial charge in [-0.25, -0.2) is 14.5 Å². The summed E-state index contributed by atoms with van der Waals surface area (Å²) in [6, 6.07) is 0. The van der Waals surface area contributed by atoms with Gasteiger partial charge in [-0.15, -0.1) is 5.10 Å². The molecule has 2 heterocycles. The van der Waals surface area contributed by atoms with Crippen LogP contribution in [0.25, 0.3) is 5.52 Å². The summed E-state index contributed by atoms with van der Waals surface area (Å²) in [5, 5.41) is 5.54. The van der Waals surface area contributed by atoms with Gasteiger partial charge in [0.25, 0.3) is 0 Å². The lowest BCUT2D eigenvalue weighted by Crippen LogP contribution is -2.02. The Hall–Kier alpha value is -0.810. The highest BCUT2D eigenvalue weighted by Gasteiger charge is 2.14. The lowest BCUT2D eigenvalue weighted by atomic mass is 10.2. The van der Waals surface area contributed by atoms with Crippen molar-refractivity contribution in [3.63, 3.8) is 0 Å². The Morgan fingerprint density at radius 3 is 2.80 bits per heavy atom. The monoisotopic (exact) mass is 242 g/mol. The van der Waals surface area contributed by atoms with Gasteiger partial charge in [-0.1, -0.05) is 37.2 Å². The predicted octanol–water partition coefficient (Wildman–Crippen LogP) is 2.62. The predicted molar refractivity (Wildman–Crippen MR) is 61.7 cm³/mol. The number of rotatable bonds is 2. The molecule has 0 fully saturated rings. The van der Waals surface area contributed by atoms with Crippen LogP contribution in [0, 0.1) is 0 Å². The molecule has 0 aliphatic rings. The van der Waals surface area contributed by atoms with E-state index in [-0.39, 0.29) is 5.92 Å². The van der Waals surface area contributed by atoms with Crippen molar-refractivity contribution in [3.8, 4) is 0 Å². The first kappa shape index (κ1) is 10.7. The van der Waals surface area contributed by atoms with Gasteiger partial charge >= 0.3 is 0 Å². The first-order valence-corrected chi connectivity index (χ1v) is 6.19. The molecule has 80 valence electrons. The molecule has 0 radical (unpaired) electrons. The van der Waals surface area contributed by atoms with Crippen molar-refractivity contribution in [2.75, 3.05) is 6.26 Å². The molecule has 2 rings (SSSR count). The molecule has 6 heteroatoms. The van der Waals surface area contributed by atoms with Crippen LogP contribution in [0.5, 0.6) is 0 Å². The van der Waals surface area contributed by atoms with Gasteiger partial charge in [0.05, 0.1) is 6.20 Å². The Bertz CT molecular complexity index is 494. The van der Waals surface area contributed by atoms with Crippen LogP contribution in [0.2, 0.25) is 5.15 Å². The van der Waals surface area contributed by atoms with E-state index in [9.17, 15) is 0 Å². The van der Waals surface area contributed by atoms with E-state index < -0.39 is 0 Å². The van der Waals surface area contributed by atoms with Crippen molar-refractivity contribution >= 4 is 28.9 Å². The summed E-state index contributed by atoms with van der Waals surface area (Å²) >= 11 is 7.50. The minimum atomic E-state index is 0.287. The van der Waals surface area contributed by atoms with Crippen molar-refractivity contribution in [2.45, 2.75) is 24.9 Å². The molecule has 0 spiro atoms. The van der Waals surface area contributed by atoms with Gasteiger partial charge in [-0.3, -0.25) is 0 Å². The Kier molecular flexibility index (Phi) is 2.84. The van der Waals surface area contributed by atoms with E-state index in [2.05, 4.69) is 28.9 Å². The zero-order chi connectivity index (χ0) is 11.0. The minimum Gasteiger partial charge on any atom is -0.227 e. The van der Waals surface area contributed by atoms with E-state index in [0.29, 0.717) is 5.15 Å². The molecular formula is C9H11ClN4S. The number of imidazole rings is 1. The Balaban J connectivity index is 2.71. The van der Waals surface area contributed by atoms with Crippen LogP contribution in [0.15, 0.2) is 11.4 Å². The topological polar surface area (TPSA) is 43.1 Å². The SMILES string of the molecule is CSc1ncc2c(Cl)nc(C(C)C)n2n1. The lowest BCUT2D eigenvalue weighted by molar-refractivity contribution is 0.690. The fraction of sp³-hybridized carbons (Fsp3) is 0.444. The zero-order valence-corrected chi connectivity index (χ0v) is 10.3. The normalized spacial score (nSPS) is 11.5. The van der Waals surface area contributed by atoms with Crippen molar-refractivity contribution in [3.05, 3.63) is 17.2 Å². The molecule has 0 saturated carbocycles. The minimum absolute atomic E-state index is 0.287. The molecule has 4 nitrogen and oxygen atoms in total. The second-order valence-corrected chi connectivity index (χ2v) is 4.59. The summed E-state index contributed by atoms with van der Waals surface area (Å²) in [4.78, 5) is 8.45. The van der Waals surface area contributed by atoms with Gasteiger partial charge in [0.15, 0.2) is 5.15 Å². The average molecular weight is 243 g/mol. The molecule has 15 heavy (non-hydrogen) atoms. The number of nitrogens with zero attached hydrogens (tertiary/aromatic N) is 4. The van der Waals surface area contributed by atoms with Crippen LogP contribution >= 0.6 is 23.4 Å². The lowest BCUT2D eigenvalue weighted by Gasteiger charge is -2.03. The number of thioether (sulfide) groups is 1. The second kappa shape index (κ2) is 3.98. The number of hydrogen-bond donors (Lipinski definition) is 0. The molecule has 0 amide bonds. The van der Waals surface area contributed by atoms with Crippen molar-refractivity contribution < 1.29 is 0 Å². The molecule has 0 aliphatic carbocycles. The fourth-order valence-electron chi connectivity index (χ4n) is 1.32. The molecule has 0 bridgehead atoms. The summed E-state index contributed by atoms with van der Waals surface area (Å²) in [5.41, 5.74) is 0.762. The molecule has 2 aromatic heterocycles. The summed E-state index contributed by atoms with van der Waals surface area (Å²) < 4.78 is 1.77. The molecule has 2 aromatic rings. The van der Waals surface area contributed by atoms with Gasteiger partial charge in [0.2, 0.25) is 5.16 Å². The summed E-state index contributed by atoms with van der Waals surface area (Å²) in [5.74, 6) is 1.15. The molecule has 0 N–H and O–H groups in total. The van der Waals surface area contributed by atoms with E-state index in [0.717, 1.165) is 16.5 Å². The van der Waals surface area contributed by atoms with Gasteiger partial charge in [-0.05, 0) is 6.26 Å². The number of aromatic nitrogens is 4. The fourth-order valence-corrected chi connectivity index (χ4v) is 1.86. The highest BCUT2D eigenvalue weighted by atomic mass is 35.5. The maximum atomic E-state index is 6.00. The molecular weight excluding hydrogens is 232 g/mol. The standard InChI is InChI=1S/C9H11ClN4S/c1-5(2)8-12-7(10)6-4-11-9(15-3)13-14(6)8/h4-5H,1-3H3. The van der Waals surface area contributed by atoms with E-state index >= 15 is 0 Å². The second-order valence-electron chi connectivity index (χ2n) is 3.46. The van der Waals surface area contributed by atoms with E-state index in [4.69, 9.17) is 11.6 Å². The van der Waals surface area contributed by atoms with Crippen molar-refractivity contribution in [1.82, 2.24) is 19.6 Å². The van der Waals surface area contributed by atoms with E-state index in [1.54, 1.807) is 10.7 Å². The van der Waals surface area contributed by atoms with Crippen LogP contribution in [-0.4, -0.2) is 25.8 Å². The van der Waals surface area contributed by atoms with Gasteiger partial charge in [0.1, 0.15) is 11.3 Å². The number of halogens is 1. The van der Waals surface area contributed by atoms with Gasteiger partial charge < -0.3 is 0 Å². The molecule has 0 unspecified atom stereocenters. The summed E-state index contributed by atoms with van der Waals surface area (Å²) in [6.07, 6.45) is 3.65. The molecule has 0 aliphatic heterocycles. The van der Waals surface area contributed by atoms with Crippen molar-refractivity contribution in [2.24, 2.45) is 0 Å². The Morgan fingerprint density at radius 2 is 2.20 bits per heavy atom. The van der Waals surface area contributed by atoms with Crippen LogP contribution in [0.4, 0.5) is 0 Å². The van der Waals surface area contributed by atoms with Crippen molar-refractivity contribution in [1.29, 1.82) is 0 Å². The Morgan fingerprint density at radius 1 is 1.47 bits per heavy atom. The maximum Gasteiger partial charge on any atom is 0.207 e. The number of hydrogen-bond acceptors (Lipinski definition) is 4. The van der Waals surface area contributed by atoms with E-state index in [1.807, 2.05) is 6.26 Å². The molecule has 0 atom stereocenters. The first-order valence-electron chi connectivity index (χ1n) is 4.58. The highest BCUT2D eigenvalue weighted by Crippen LogP contribution is 2.22. The first-order chi connectivity index (χ1) is 7.13.